The van der Waals surface area contributed by atoms with Crippen LogP contribution in [0.25, 0.3) is 0 Å². The molecule has 0 unspecified atom stereocenters. The van der Waals surface area contributed by atoms with E-state index < -0.39 is 5.91 Å². The Morgan fingerprint density at radius 1 is 0.964 bits per heavy atom. The first kappa shape index (κ1) is 21.2. The Hall–Kier alpha value is -3.10. The second kappa shape index (κ2) is 10.9. The van der Waals surface area contributed by atoms with Crippen molar-refractivity contribution < 1.29 is 24.3 Å². The highest BCUT2D eigenvalue weighted by Crippen LogP contribution is 2.27. The molecule has 2 aromatic rings. The molecule has 0 saturated heterocycles. The first-order valence-corrected chi connectivity index (χ1v) is 8.79. The predicted octanol–water partition coefficient (Wildman–Crippen LogP) is 1.27. The average molecular weight is 387 g/mol. The third kappa shape index (κ3) is 6.26. The fraction of sp³-hybridized carbons (Fsp3) is 0.300. The molecule has 8 heteroatoms. The van der Waals surface area contributed by atoms with Crippen molar-refractivity contribution in [2.24, 2.45) is 0 Å². The van der Waals surface area contributed by atoms with E-state index in [-0.39, 0.29) is 12.5 Å². The van der Waals surface area contributed by atoms with Crippen molar-refractivity contribution in [2.45, 2.75) is 13.0 Å². The van der Waals surface area contributed by atoms with E-state index >= 15 is 0 Å². The molecular formula is C20H25N3O5. The minimum absolute atomic E-state index is 0.100. The van der Waals surface area contributed by atoms with Crippen LogP contribution in [0, 0.1) is 0 Å². The fourth-order valence-electron chi connectivity index (χ4n) is 2.60. The van der Waals surface area contributed by atoms with Gasteiger partial charge in [-0.3, -0.25) is 14.8 Å². The molecule has 8 nitrogen and oxygen atoms in total. The molecule has 2 rings (SSSR count). The smallest absolute Gasteiger partial charge is 0.274 e. The number of rotatable bonds is 10. The number of hydroxylamine groups is 1. The third-order valence-corrected chi connectivity index (χ3v) is 4.12. The van der Waals surface area contributed by atoms with Gasteiger partial charge in [-0.05, 0) is 41.8 Å². The Kier molecular flexibility index (Phi) is 8.26. The largest absolute Gasteiger partial charge is 0.493 e. The maximum absolute atomic E-state index is 11.9. The molecule has 0 atom stereocenters. The zero-order valence-corrected chi connectivity index (χ0v) is 16.0. The number of hydrogen-bond acceptors (Lipinski definition) is 6. The highest BCUT2D eigenvalue weighted by atomic mass is 16.5. The van der Waals surface area contributed by atoms with Gasteiger partial charge in [-0.2, -0.15) is 0 Å². The lowest BCUT2D eigenvalue weighted by Crippen LogP contribution is -2.34. The van der Waals surface area contributed by atoms with Crippen molar-refractivity contribution in [3.05, 3.63) is 59.2 Å². The van der Waals surface area contributed by atoms with Crippen LogP contribution < -0.4 is 25.6 Å². The molecule has 28 heavy (non-hydrogen) atoms. The van der Waals surface area contributed by atoms with E-state index in [1.165, 1.54) is 0 Å². The predicted molar refractivity (Wildman–Crippen MR) is 104 cm³/mol. The van der Waals surface area contributed by atoms with Gasteiger partial charge in [-0.15, -0.1) is 0 Å². The molecule has 0 aliphatic carbocycles. The Balaban J connectivity index is 1.69. The number of benzene rings is 2. The van der Waals surface area contributed by atoms with E-state index in [9.17, 15) is 9.59 Å². The van der Waals surface area contributed by atoms with E-state index in [0.29, 0.717) is 36.6 Å². The van der Waals surface area contributed by atoms with Crippen LogP contribution in [-0.4, -0.2) is 44.3 Å². The number of carbonyl (C=O) groups excluding carboxylic acids is 2. The van der Waals surface area contributed by atoms with E-state index in [1.807, 2.05) is 18.2 Å². The topological polar surface area (TPSA) is 109 Å². The number of amides is 2. The molecule has 150 valence electrons. The summed E-state index contributed by atoms with van der Waals surface area (Å²) in [6.07, 6.45) is 0.681. The van der Waals surface area contributed by atoms with Gasteiger partial charge in [0.25, 0.3) is 5.91 Å². The molecule has 0 fully saturated rings. The minimum atomic E-state index is -0.562. The number of methoxy groups -OCH3 is 2. The second-order valence-corrected chi connectivity index (χ2v) is 6.03. The molecule has 0 saturated carbocycles. The number of carbonyl (C=O) groups is 2. The number of ether oxygens (including phenoxy) is 2. The average Bonchev–Trinajstić information content (AvgIpc) is 2.73. The van der Waals surface area contributed by atoms with Gasteiger partial charge in [-0.1, -0.05) is 18.2 Å². The summed E-state index contributed by atoms with van der Waals surface area (Å²) >= 11 is 0. The van der Waals surface area contributed by atoms with Crippen molar-refractivity contribution >= 4 is 11.8 Å². The van der Waals surface area contributed by atoms with Gasteiger partial charge in [0.2, 0.25) is 5.91 Å². The zero-order chi connectivity index (χ0) is 20.4. The van der Waals surface area contributed by atoms with E-state index in [4.69, 9.17) is 14.7 Å². The van der Waals surface area contributed by atoms with Crippen molar-refractivity contribution in [3.63, 3.8) is 0 Å². The van der Waals surface area contributed by atoms with Gasteiger partial charge in [0, 0.05) is 18.7 Å². The summed E-state index contributed by atoms with van der Waals surface area (Å²) in [5.41, 5.74) is 3.91. The van der Waals surface area contributed by atoms with Crippen molar-refractivity contribution in [3.8, 4) is 11.5 Å². The monoisotopic (exact) mass is 387 g/mol. The Morgan fingerprint density at radius 2 is 1.64 bits per heavy atom. The molecular weight excluding hydrogens is 362 g/mol. The molecule has 2 aromatic carbocycles. The molecule has 0 aromatic heterocycles. The maximum atomic E-state index is 11.9. The summed E-state index contributed by atoms with van der Waals surface area (Å²) in [6, 6.07) is 12.4. The van der Waals surface area contributed by atoms with Gasteiger partial charge in [0.15, 0.2) is 11.5 Å². The first-order valence-electron chi connectivity index (χ1n) is 8.79. The molecule has 0 heterocycles. The SMILES string of the molecule is COc1ccc(CCNC(=O)CNCc2ccc(C(=O)NO)cc2)cc1OC. The Morgan fingerprint density at radius 3 is 2.29 bits per heavy atom. The van der Waals surface area contributed by atoms with Crippen molar-refractivity contribution in [2.75, 3.05) is 27.3 Å². The first-order chi connectivity index (χ1) is 13.6. The van der Waals surface area contributed by atoms with Crippen molar-refractivity contribution in [1.82, 2.24) is 16.1 Å². The van der Waals surface area contributed by atoms with Gasteiger partial charge < -0.3 is 20.1 Å². The Bertz CT molecular complexity index is 793. The van der Waals surface area contributed by atoms with Crippen LogP contribution in [0.2, 0.25) is 0 Å². The van der Waals surface area contributed by atoms with Crippen LogP contribution in [0.3, 0.4) is 0 Å². The third-order valence-electron chi connectivity index (χ3n) is 4.12. The maximum Gasteiger partial charge on any atom is 0.274 e. The molecule has 0 bridgehead atoms. The lowest BCUT2D eigenvalue weighted by atomic mass is 10.1. The molecule has 0 spiro atoms. The van der Waals surface area contributed by atoms with Gasteiger partial charge in [0.05, 0.1) is 20.8 Å². The Labute approximate surface area is 163 Å². The van der Waals surface area contributed by atoms with E-state index in [2.05, 4.69) is 10.6 Å². The van der Waals surface area contributed by atoms with Crippen LogP contribution in [-0.2, 0) is 17.8 Å². The summed E-state index contributed by atoms with van der Waals surface area (Å²) in [5.74, 6) is 0.671. The molecule has 2 amide bonds. The summed E-state index contributed by atoms with van der Waals surface area (Å²) in [4.78, 5) is 23.2. The molecule has 4 N–H and O–H groups in total. The van der Waals surface area contributed by atoms with Crippen LogP contribution in [0.5, 0.6) is 11.5 Å². The number of nitrogens with one attached hydrogen (secondary N) is 3. The number of hydrogen-bond donors (Lipinski definition) is 4. The normalized spacial score (nSPS) is 10.2. The van der Waals surface area contributed by atoms with Crippen molar-refractivity contribution in [1.29, 1.82) is 0 Å². The van der Waals surface area contributed by atoms with Crippen LogP contribution >= 0.6 is 0 Å². The van der Waals surface area contributed by atoms with Crippen LogP contribution in [0.1, 0.15) is 21.5 Å². The van der Waals surface area contributed by atoms with Gasteiger partial charge in [-0.25, -0.2) is 5.48 Å². The van der Waals surface area contributed by atoms with E-state index in [1.54, 1.807) is 44.0 Å². The summed E-state index contributed by atoms with van der Waals surface area (Å²) < 4.78 is 10.5. The summed E-state index contributed by atoms with van der Waals surface area (Å²) in [7, 11) is 3.18. The second-order valence-electron chi connectivity index (χ2n) is 6.03. The van der Waals surface area contributed by atoms with Crippen LogP contribution in [0.15, 0.2) is 42.5 Å². The van der Waals surface area contributed by atoms with Gasteiger partial charge >= 0.3 is 0 Å². The lowest BCUT2D eigenvalue weighted by molar-refractivity contribution is -0.120. The highest BCUT2D eigenvalue weighted by Gasteiger charge is 2.06. The quantitative estimate of drug-likeness (QED) is 0.361. The summed E-state index contributed by atoms with van der Waals surface area (Å²) in [5, 5.41) is 14.5. The lowest BCUT2D eigenvalue weighted by Gasteiger charge is -2.10. The fourth-order valence-corrected chi connectivity index (χ4v) is 2.60. The zero-order valence-electron chi connectivity index (χ0n) is 16.0. The molecule has 0 aliphatic heterocycles. The standard InChI is InChI=1S/C20H25N3O5/c1-27-17-8-5-14(11-18(17)28-2)9-10-22-19(24)13-21-12-15-3-6-16(7-4-15)20(25)23-26/h3-8,11,21,26H,9-10,12-13H2,1-2H3,(H,22,24)(H,23,25). The van der Waals surface area contributed by atoms with Crippen LogP contribution in [0.4, 0.5) is 0 Å². The minimum Gasteiger partial charge on any atom is -0.493 e. The molecule has 0 aliphatic rings. The van der Waals surface area contributed by atoms with E-state index in [0.717, 1.165) is 11.1 Å². The molecule has 0 radical (unpaired) electrons. The highest BCUT2D eigenvalue weighted by molar-refractivity contribution is 5.93. The van der Waals surface area contributed by atoms with Gasteiger partial charge in [0.1, 0.15) is 0 Å². The summed E-state index contributed by atoms with van der Waals surface area (Å²) in [6.45, 7) is 1.19.